The van der Waals surface area contributed by atoms with E-state index in [1.165, 1.54) is 5.56 Å². The molecule has 1 unspecified atom stereocenters. The van der Waals surface area contributed by atoms with Crippen LogP contribution in [-0.2, 0) is 0 Å². The second-order valence-corrected chi connectivity index (χ2v) is 10.8. The molecule has 35 heavy (non-hydrogen) atoms. The second-order valence-electron chi connectivity index (χ2n) is 9.02. The van der Waals surface area contributed by atoms with Crippen molar-refractivity contribution in [2.45, 2.75) is 18.8 Å². The van der Waals surface area contributed by atoms with Crippen LogP contribution in [0.2, 0.25) is 20.1 Å². The molecule has 0 saturated carbocycles. The van der Waals surface area contributed by atoms with Crippen molar-refractivity contribution in [1.82, 2.24) is 10.2 Å². The number of hydrogen-bond donors (Lipinski definition) is 2. The first-order valence-corrected chi connectivity index (χ1v) is 13.0. The first-order valence-electron chi connectivity index (χ1n) is 11.5. The van der Waals surface area contributed by atoms with Crippen LogP contribution >= 0.6 is 46.4 Å². The van der Waals surface area contributed by atoms with E-state index in [0.717, 1.165) is 37.1 Å². The van der Waals surface area contributed by atoms with Crippen molar-refractivity contribution >= 4 is 58.1 Å². The maximum absolute atomic E-state index is 12.7. The minimum absolute atomic E-state index is 0.189. The molecule has 2 N–H and O–H groups in total. The Morgan fingerprint density at radius 1 is 0.857 bits per heavy atom. The molecule has 1 aliphatic heterocycles. The number of nitrogens with zero attached hydrogens (tertiary/aromatic N) is 1. The van der Waals surface area contributed by atoms with Crippen molar-refractivity contribution < 1.29 is 4.79 Å². The van der Waals surface area contributed by atoms with E-state index in [4.69, 9.17) is 46.4 Å². The van der Waals surface area contributed by atoms with Gasteiger partial charge in [-0.2, -0.15) is 0 Å². The van der Waals surface area contributed by atoms with E-state index in [-0.39, 0.29) is 11.9 Å². The molecule has 2 amide bonds. The van der Waals surface area contributed by atoms with Crippen LogP contribution in [0.25, 0.3) is 11.1 Å². The summed E-state index contributed by atoms with van der Waals surface area (Å²) in [5.41, 5.74) is 3.77. The Kier molecular flexibility index (Phi) is 8.85. The highest BCUT2D eigenvalue weighted by molar-refractivity contribution is 6.35. The molecule has 0 spiro atoms. The molecule has 1 atom stereocenters. The highest BCUT2D eigenvalue weighted by Gasteiger charge is 2.27. The van der Waals surface area contributed by atoms with Gasteiger partial charge in [0.05, 0.1) is 0 Å². The monoisotopic (exact) mass is 549 g/mol. The van der Waals surface area contributed by atoms with Crippen LogP contribution in [0.15, 0.2) is 60.7 Å². The molecular weight excluding hydrogens is 524 g/mol. The molecule has 8 heteroatoms. The van der Waals surface area contributed by atoms with Gasteiger partial charge < -0.3 is 15.5 Å². The molecule has 1 aliphatic rings. The molecule has 0 bridgehead atoms. The number of amides is 2. The van der Waals surface area contributed by atoms with Gasteiger partial charge in [0.2, 0.25) is 0 Å². The minimum atomic E-state index is -0.286. The average molecular weight is 551 g/mol. The van der Waals surface area contributed by atoms with Crippen LogP contribution in [-0.4, -0.2) is 37.6 Å². The topological polar surface area (TPSA) is 44.4 Å². The van der Waals surface area contributed by atoms with E-state index in [1.54, 1.807) is 24.3 Å². The quantitative estimate of drug-likeness (QED) is 0.324. The number of likely N-dealkylation sites (tertiary alicyclic amines) is 1. The molecule has 3 aromatic rings. The van der Waals surface area contributed by atoms with Crippen molar-refractivity contribution in [2.24, 2.45) is 5.92 Å². The summed E-state index contributed by atoms with van der Waals surface area (Å²) >= 11 is 24.5. The summed E-state index contributed by atoms with van der Waals surface area (Å²) in [6, 6.07) is 18.7. The lowest BCUT2D eigenvalue weighted by molar-refractivity contribution is 0.195. The van der Waals surface area contributed by atoms with Crippen molar-refractivity contribution in [2.75, 3.05) is 32.0 Å². The lowest BCUT2D eigenvalue weighted by Crippen LogP contribution is -2.38. The van der Waals surface area contributed by atoms with E-state index in [2.05, 4.69) is 46.8 Å². The first-order chi connectivity index (χ1) is 16.8. The van der Waals surface area contributed by atoms with Crippen LogP contribution in [0.3, 0.4) is 0 Å². The van der Waals surface area contributed by atoms with Gasteiger partial charge >= 0.3 is 6.03 Å². The molecule has 4 nitrogen and oxygen atoms in total. The third-order valence-electron chi connectivity index (χ3n) is 6.47. The van der Waals surface area contributed by atoms with Gasteiger partial charge in [-0.3, -0.25) is 0 Å². The smallest absolute Gasteiger partial charge is 0.319 e. The van der Waals surface area contributed by atoms with Crippen LogP contribution in [0.5, 0.6) is 0 Å². The van der Waals surface area contributed by atoms with Gasteiger partial charge in [-0.25, -0.2) is 4.79 Å². The predicted molar refractivity (Wildman–Crippen MR) is 148 cm³/mol. The molecular formula is C27H27Cl4N3O. The predicted octanol–water partition coefficient (Wildman–Crippen LogP) is 8.21. The fourth-order valence-electron chi connectivity index (χ4n) is 4.63. The van der Waals surface area contributed by atoms with Gasteiger partial charge in [0.25, 0.3) is 0 Å². The van der Waals surface area contributed by atoms with Crippen LogP contribution in [0.4, 0.5) is 10.5 Å². The summed E-state index contributed by atoms with van der Waals surface area (Å²) in [4.78, 5) is 15.0. The van der Waals surface area contributed by atoms with Crippen LogP contribution < -0.4 is 10.6 Å². The number of urea groups is 1. The molecule has 1 fully saturated rings. The van der Waals surface area contributed by atoms with Crippen molar-refractivity contribution in [3.63, 3.8) is 0 Å². The van der Waals surface area contributed by atoms with Gasteiger partial charge in [0.15, 0.2) is 0 Å². The maximum Gasteiger partial charge on any atom is 0.319 e. The Labute approximate surface area is 226 Å². The number of carbonyl (C=O) groups is 1. The zero-order valence-electron chi connectivity index (χ0n) is 19.3. The van der Waals surface area contributed by atoms with Gasteiger partial charge in [0, 0.05) is 38.2 Å². The minimum Gasteiger partial charge on any atom is -0.337 e. The van der Waals surface area contributed by atoms with Crippen LogP contribution in [0.1, 0.15) is 24.3 Å². The van der Waals surface area contributed by atoms with Crippen molar-refractivity contribution in [3.8, 4) is 11.1 Å². The molecule has 0 radical (unpaired) electrons. The number of halogens is 4. The van der Waals surface area contributed by atoms with E-state index in [1.807, 2.05) is 12.1 Å². The van der Waals surface area contributed by atoms with E-state index in [0.29, 0.717) is 38.2 Å². The summed E-state index contributed by atoms with van der Waals surface area (Å²) in [5, 5.41) is 8.04. The summed E-state index contributed by atoms with van der Waals surface area (Å²) in [6.07, 6.45) is 2.17. The summed E-state index contributed by atoms with van der Waals surface area (Å²) in [5.74, 6) is 0.660. The number of hydrogen-bond acceptors (Lipinski definition) is 2. The molecule has 1 heterocycles. The maximum atomic E-state index is 12.7. The summed E-state index contributed by atoms with van der Waals surface area (Å²) in [6.45, 7) is 2.62. The Bertz CT molecular complexity index is 1140. The number of nitrogens with one attached hydrogen (secondary N) is 2. The molecule has 184 valence electrons. The zero-order valence-corrected chi connectivity index (χ0v) is 22.4. The molecule has 4 rings (SSSR count). The van der Waals surface area contributed by atoms with Gasteiger partial charge in [-0.15, -0.1) is 0 Å². The lowest BCUT2D eigenvalue weighted by Gasteiger charge is -2.35. The number of rotatable bonds is 6. The van der Waals surface area contributed by atoms with Gasteiger partial charge in [-0.1, -0.05) is 70.7 Å². The first kappa shape index (κ1) is 26.1. The number of benzene rings is 3. The number of anilines is 1. The van der Waals surface area contributed by atoms with Crippen molar-refractivity contribution in [3.05, 3.63) is 86.3 Å². The Morgan fingerprint density at radius 3 is 1.97 bits per heavy atom. The normalized spacial score (nSPS) is 15.6. The van der Waals surface area contributed by atoms with Crippen molar-refractivity contribution in [1.29, 1.82) is 0 Å². The Hall–Kier alpha value is -1.95. The molecule has 0 aliphatic carbocycles. The highest BCUT2D eigenvalue weighted by atomic mass is 35.5. The summed E-state index contributed by atoms with van der Waals surface area (Å²) in [7, 11) is 2.15. The van der Waals surface area contributed by atoms with E-state index in [9.17, 15) is 4.79 Å². The number of piperidine rings is 1. The van der Waals surface area contributed by atoms with Crippen LogP contribution in [0, 0.1) is 5.92 Å². The highest BCUT2D eigenvalue weighted by Crippen LogP contribution is 2.34. The van der Waals surface area contributed by atoms with Gasteiger partial charge in [0.1, 0.15) is 0 Å². The standard InChI is InChI=1S/C27H27Cl4N3O/c1-34-8-6-19(7-9-34)26(16-32-27(35)33-25-14-23(30)13-24(31)15-25)18-4-2-17(3-5-18)20-10-21(28)12-22(29)11-20/h2-5,10-15,19,26H,6-9,16H2,1H3,(H2,32,33,35). The fraction of sp³-hybridized carbons (Fsp3) is 0.296. The second kappa shape index (κ2) is 11.9. The Morgan fingerprint density at radius 2 is 1.40 bits per heavy atom. The Balaban J connectivity index is 1.49. The largest absolute Gasteiger partial charge is 0.337 e. The number of carbonyl (C=O) groups excluding carboxylic acids is 1. The van der Waals surface area contributed by atoms with E-state index >= 15 is 0 Å². The summed E-state index contributed by atoms with van der Waals surface area (Å²) < 4.78 is 0. The average Bonchev–Trinajstić information content (AvgIpc) is 2.79. The fourth-order valence-corrected chi connectivity index (χ4v) is 5.69. The lowest BCUT2D eigenvalue weighted by atomic mass is 9.79. The third-order valence-corrected chi connectivity index (χ3v) is 7.34. The zero-order chi connectivity index (χ0) is 24.9. The molecule has 3 aromatic carbocycles. The SMILES string of the molecule is CN1CCC(C(CNC(=O)Nc2cc(Cl)cc(Cl)c2)c2ccc(-c3cc(Cl)cc(Cl)c3)cc2)CC1. The van der Waals surface area contributed by atoms with E-state index < -0.39 is 0 Å². The molecule has 1 saturated heterocycles. The molecule has 0 aromatic heterocycles. The third kappa shape index (κ3) is 7.28. The van der Waals surface area contributed by atoms with Gasteiger partial charge in [-0.05, 0) is 92.0 Å².